The average molecular weight is 344 g/mol. The molecule has 0 N–H and O–H groups in total. The number of hydrogen-bond donors (Lipinski definition) is 0. The van der Waals surface area contributed by atoms with Crippen molar-refractivity contribution in [2.75, 3.05) is 19.7 Å². The van der Waals surface area contributed by atoms with Crippen LogP contribution in [0, 0.1) is 16.0 Å². The lowest BCUT2D eigenvalue weighted by Gasteiger charge is -2.18. The first-order valence-electron chi connectivity index (χ1n) is 7.65. The van der Waals surface area contributed by atoms with Gasteiger partial charge in [0.05, 0.1) is 16.4 Å². The second kappa shape index (κ2) is 8.26. The van der Waals surface area contributed by atoms with Crippen molar-refractivity contribution in [3.05, 3.63) is 28.3 Å². The predicted molar refractivity (Wildman–Crippen MR) is 88.2 cm³/mol. The van der Waals surface area contributed by atoms with Gasteiger partial charge in [0.2, 0.25) is 10.0 Å². The van der Waals surface area contributed by atoms with Crippen LogP contribution in [0.3, 0.4) is 0 Å². The van der Waals surface area contributed by atoms with Crippen molar-refractivity contribution in [1.82, 2.24) is 4.31 Å². The lowest BCUT2D eigenvalue weighted by Crippen LogP contribution is -2.30. The Labute approximate surface area is 137 Å². The molecule has 0 heterocycles. The summed E-state index contributed by atoms with van der Waals surface area (Å²) in [5.41, 5.74) is -0.331. The molecular formula is C15H24N2O5S. The van der Waals surface area contributed by atoms with E-state index in [0.717, 1.165) is 12.5 Å². The monoisotopic (exact) mass is 344 g/mol. The van der Waals surface area contributed by atoms with E-state index in [-0.39, 0.29) is 16.3 Å². The van der Waals surface area contributed by atoms with Crippen LogP contribution < -0.4 is 4.74 Å². The second-order valence-electron chi connectivity index (χ2n) is 5.51. The van der Waals surface area contributed by atoms with Crippen LogP contribution in [0.5, 0.6) is 5.75 Å². The molecule has 8 heteroatoms. The van der Waals surface area contributed by atoms with Crippen LogP contribution in [0.1, 0.15) is 34.1 Å². The Hall–Kier alpha value is -1.67. The van der Waals surface area contributed by atoms with Gasteiger partial charge in [-0.2, -0.15) is 4.31 Å². The van der Waals surface area contributed by atoms with Crippen LogP contribution in [0.2, 0.25) is 0 Å². The third-order valence-corrected chi connectivity index (χ3v) is 5.47. The number of hydrogen-bond acceptors (Lipinski definition) is 5. The van der Waals surface area contributed by atoms with Crippen molar-refractivity contribution in [2.24, 2.45) is 5.92 Å². The van der Waals surface area contributed by atoms with E-state index in [4.69, 9.17) is 4.74 Å². The van der Waals surface area contributed by atoms with Crippen LogP contribution in [0.15, 0.2) is 23.1 Å². The number of rotatable bonds is 9. The zero-order valence-corrected chi connectivity index (χ0v) is 14.8. The highest BCUT2D eigenvalue weighted by Crippen LogP contribution is 2.31. The maximum Gasteiger partial charge on any atom is 0.312 e. The van der Waals surface area contributed by atoms with E-state index in [1.165, 1.54) is 16.4 Å². The molecule has 7 nitrogen and oxygen atoms in total. The Morgan fingerprint density at radius 1 is 1.26 bits per heavy atom. The van der Waals surface area contributed by atoms with Gasteiger partial charge in [-0.3, -0.25) is 10.1 Å². The Morgan fingerprint density at radius 2 is 1.87 bits per heavy atom. The van der Waals surface area contributed by atoms with Crippen molar-refractivity contribution < 1.29 is 18.1 Å². The maximum absolute atomic E-state index is 12.4. The highest BCUT2D eigenvalue weighted by Gasteiger charge is 2.26. The third kappa shape index (κ3) is 4.90. The van der Waals surface area contributed by atoms with Gasteiger partial charge in [0.1, 0.15) is 0 Å². The lowest BCUT2D eigenvalue weighted by molar-refractivity contribution is -0.386. The minimum Gasteiger partial charge on any atom is -0.487 e. The summed E-state index contributed by atoms with van der Waals surface area (Å²) < 4.78 is 31.6. The van der Waals surface area contributed by atoms with E-state index in [2.05, 4.69) is 0 Å². The molecule has 0 aliphatic heterocycles. The highest BCUT2D eigenvalue weighted by atomic mass is 32.2. The van der Waals surface area contributed by atoms with Gasteiger partial charge < -0.3 is 4.74 Å². The van der Waals surface area contributed by atoms with Gasteiger partial charge in [0, 0.05) is 19.2 Å². The maximum atomic E-state index is 12.4. The quantitative estimate of drug-likeness (QED) is 0.507. The molecular weight excluding hydrogens is 320 g/mol. The molecule has 0 aliphatic carbocycles. The summed E-state index contributed by atoms with van der Waals surface area (Å²) in [6, 6.07) is 3.78. The third-order valence-electron chi connectivity index (χ3n) is 3.42. The molecule has 0 atom stereocenters. The summed E-state index contributed by atoms with van der Waals surface area (Å²) in [5.74, 6) is 0.505. The molecule has 0 spiro atoms. The van der Waals surface area contributed by atoms with E-state index in [1.54, 1.807) is 13.8 Å². The van der Waals surface area contributed by atoms with Gasteiger partial charge in [-0.15, -0.1) is 0 Å². The first-order valence-corrected chi connectivity index (χ1v) is 9.09. The average Bonchev–Trinajstić information content (AvgIpc) is 2.47. The number of benzene rings is 1. The summed E-state index contributed by atoms with van der Waals surface area (Å²) in [5, 5.41) is 11.2. The zero-order valence-electron chi connectivity index (χ0n) is 14.0. The number of ether oxygens (including phenoxy) is 1. The fraction of sp³-hybridized carbons (Fsp3) is 0.600. The summed E-state index contributed by atoms with van der Waals surface area (Å²) in [6.07, 6.45) is 0.761. The molecule has 0 amide bonds. The Kier molecular flexibility index (Phi) is 6.96. The van der Waals surface area contributed by atoms with Crippen molar-refractivity contribution >= 4 is 15.7 Å². The first kappa shape index (κ1) is 19.4. The fourth-order valence-corrected chi connectivity index (χ4v) is 3.52. The molecule has 0 radical (unpaired) electrons. The lowest BCUT2D eigenvalue weighted by atomic mass is 10.1. The molecule has 0 bridgehead atoms. The highest BCUT2D eigenvalue weighted by molar-refractivity contribution is 7.89. The molecule has 0 fully saturated rings. The zero-order chi connectivity index (χ0) is 17.6. The minimum atomic E-state index is -3.73. The van der Waals surface area contributed by atoms with Crippen molar-refractivity contribution in [2.45, 2.75) is 39.0 Å². The predicted octanol–water partition coefficient (Wildman–Crippen LogP) is 3.05. The molecule has 1 rings (SSSR count). The molecule has 23 heavy (non-hydrogen) atoms. The van der Waals surface area contributed by atoms with Gasteiger partial charge in [0.25, 0.3) is 0 Å². The van der Waals surface area contributed by atoms with E-state index in [0.29, 0.717) is 25.6 Å². The van der Waals surface area contributed by atoms with Gasteiger partial charge in [0.15, 0.2) is 5.75 Å². The first-order chi connectivity index (χ1) is 10.7. The van der Waals surface area contributed by atoms with Crippen LogP contribution in [0.4, 0.5) is 5.69 Å². The Balaban J connectivity index is 3.15. The van der Waals surface area contributed by atoms with E-state index in [9.17, 15) is 18.5 Å². The van der Waals surface area contributed by atoms with Crippen LogP contribution >= 0.6 is 0 Å². The van der Waals surface area contributed by atoms with Crippen molar-refractivity contribution in [3.8, 4) is 5.75 Å². The topological polar surface area (TPSA) is 89.8 Å². The van der Waals surface area contributed by atoms with Crippen LogP contribution in [-0.2, 0) is 10.0 Å². The van der Waals surface area contributed by atoms with Gasteiger partial charge in [-0.25, -0.2) is 8.42 Å². The summed E-state index contributed by atoms with van der Waals surface area (Å²) in [7, 11) is -3.73. The molecule has 0 aromatic heterocycles. The van der Waals surface area contributed by atoms with Crippen LogP contribution in [-0.4, -0.2) is 37.3 Å². The SMILES string of the molecule is CCN(CC)S(=O)(=O)c1ccc(OCCC(C)C)c([N+](=O)[O-])c1. The summed E-state index contributed by atoms with van der Waals surface area (Å²) in [4.78, 5) is 10.5. The molecule has 0 saturated carbocycles. The normalized spacial score (nSPS) is 11.9. The largest absolute Gasteiger partial charge is 0.487 e. The number of nitrogens with zero attached hydrogens (tertiary/aromatic N) is 2. The molecule has 1 aromatic rings. The smallest absolute Gasteiger partial charge is 0.312 e. The number of sulfonamides is 1. The standard InChI is InChI=1S/C15H24N2O5S/c1-5-16(6-2)23(20,21)13-7-8-15(14(11-13)17(18)19)22-10-9-12(3)4/h7-8,11-12H,5-6,9-10H2,1-4H3. The minimum absolute atomic E-state index is 0.0918. The Bertz CT molecular complexity index is 639. The van der Waals surface area contributed by atoms with Gasteiger partial charge in [-0.05, 0) is 24.5 Å². The summed E-state index contributed by atoms with van der Waals surface area (Å²) >= 11 is 0. The van der Waals surface area contributed by atoms with Gasteiger partial charge >= 0.3 is 5.69 Å². The number of nitro benzene ring substituents is 1. The molecule has 0 saturated heterocycles. The molecule has 0 unspecified atom stereocenters. The number of nitro groups is 1. The van der Waals surface area contributed by atoms with Gasteiger partial charge in [-0.1, -0.05) is 27.7 Å². The van der Waals surface area contributed by atoms with Crippen LogP contribution in [0.25, 0.3) is 0 Å². The molecule has 130 valence electrons. The second-order valence-corrected chi connectivity index (χ2v) is 7.44. The van der Waals surface area contributed by atoms with E-state index >= 15 is 0 Å². The Morgan fingerprint density at radius 3 is 2.35 bits per heavy atom. The van der Waals surface area contributed by atoms with Crippen molar-refractivity contribution in [3.63, 3.8) is 0 Å². The summed E-state index contributed by atoms with van der Waals surface area (Å²) in [6.45, 7) is 8.45. The van der Waals surface area contributed by atoms with E-state index in [1.807, 2.05) is 13.8 Å². The molecule has 1 aromatic carbocycles. The van der Waals surface area contributed by atoms with Crippen molar-refractivity contribution in [1.29, 1.82) is 0 Å². The molecule has 0 aliphatic rings. The van der Waals surface area contributed by atoms with E-state index < -0.39 is 14.9 Å². The fourth-order valence-electron chi connectivity index (χ4n) is 2.04.